The third-order valence-electron chi connectivity index (χ3n) is 2.81. The van der Waals surface area contributed by atoms with Crippen LogP contribution in [0.1, 0.15) is 17.3 Å². The quantitative estimate of drug-likeness (QED) is 0.872. The lowest BCUT2D eigenvalue weighted by molar-refractivity contribution is -0.130. The predicted octanol–water partition coefficient (Wildman–Crippen LogP) is 1.69. The van der Waals surface area contributed by atoms with E-state index in [4.69, 9.17) is 0 Å². The highest BCUT2D eigenvalue weighted by atomic mass is 19.3. The van der Waals surface area contributed by atoms with Gasteiger partial charge in [0.05, 0.1) is 13.1 Å². The average Bonchev–Trinajstić information content (AvgIpc) is 2.61. The van der Waals surface area contributed by atoms with Crippen LogP contribution in [-0.4, -0.2) is 30.3 Å². The van der Waals surface area contributed by atoms with Crippen molar-refractivity contribution in [3.05, 3.63) is 35.4 Å². The molecule has 1 fully saturated rings. The molecule has 2 rings (SSSR count). The third-order valence-corrected chi connectivity index (χ3v) is 2.81. The van der Waals surface area contributed by atoms with Crippen LogP contribution in [0.25, 0.3) is 0 Å². The van der Waals surface area contributed by atoms with Gasteiger partial charge in [0.2, 0.25) is 5.91 Å². The number of hydrogen-bond acceptors (Lipinski definition) is 2. The lowest BCUT2D eigenvalue weighted by Crippen LogP contribution is -2.34. The maximum atomic E-state index is 12.4. The Balaban J connectivity index is 2.19. The van der Waals surface area contributed by atoms with E-state index in [1.165, 1.54) is 4.90 Å². The molecule has 5 heteroatoms. The minimum absolute atomic E-state index is 0.116. The summed E-state index contributed by atoms with van der Waals surface area (Å²) in [6.07, 6.45) is -2.94. The Labute approximate surface area is 98.4 Å². The molecule has 92 valence electrons. The Morgan fingerprint density at radius 1 is 1.41 bits per heavy atom. The van der Waals surface area contributed by atoms with Gasteiger partial charge in [-0.15, -0.1) is 0 Å². The Hall–Kier alpha value is -1.49. The molecule has 1 aromatic rings. The summed E-state index contributed by atoms with van der Waals surface area (Å²) in [5, 5.41) is 2.94. The number of rotatable bonds is 3. The number of hydrogen-bond donors (Lipinski definition) is 1. The van der Waals surface area contributed by atoms with Crippen LogP contribution >= 0.6 is 0 Å². The first-order valence-electron chi connectivity index (χ1n) is 5.45. The van der Waals surface area contributed by atoms with Gasteiger partial charge in [-0.25, -0.2) is 8.78 Å². The molecule has 0 radical (unpaired) electrons. The fraction of sp³-hybridized carbons (Fsp3) is 0.417. The zero-order chi connectivity index (χ0) is 12.4. The summed E-state index contributed by atoms with van der Waals surface area (Å²) in [7, 11) is 0. The van der Waals surface area contributed by atoms with Crippen LogP contribution < -0.4 is 5.32 Å². The van der Waals surface area contributed by atoms with Gasteiger partial charge in [-0.3, -0.25) is 10.1 Å². The van der Waals surface area contributed by atoms with Crippen molar-refractivity contribution in [1.82, 2.24) is 10.2 Å². The maximum Gasteiger partial charge on any atom is 0.255 e. The Bertz CT molecular complexity index is 405. The van der Waals surface area contributed by atoms with Crippen LogP contribution in [0.15, 0.2) is 24.3 Å². The summed E-state index contributed by atoms with van der Waals surface area (Å²) in [4.78, 5) is 12.7. The number of nitrogens with zero attached hydrogens (tertiary/aromatic N) is 1. The molecule has 0 saturated carbocycles. The first-order valence-corrected chi connectivity index (χ1v) is 5.45. The van der Waals surface area contributed by atoms with E-state index in [-0.39, 0.29) is 12.5 Å². The van der Waals surface area contributed by atoms with E-state index >= 15 is 0 Å². The molecule has 1 atom stereocenters. The van der Waals surface area contributed by atoms with Crippen molar-refractivity contribution in [2.75, 3.05) is 13.1 Å². The van der Waals surface area contributed by atoms with Gasteiger partial charge >= 0.3 is 0 Å². The minimum Gasteiger partial charge on any atom is -0.316 e. The Kier molecular flexibility index (Phi) is 3.38. The highest BCUT2D eigenvalue weighted by Crippen LogP contribution is 2.23. The molecule has 1 saturated heterocycles. The van der Waals surface area contributed by atoms with E-state index in [0.717, 1.165) is 11.1 Å². The van der Waals surface area contributed by atoms with Crippen molar-refractivity contribution in [3.63, 3.8) is 0 Å². The van der Waals surface area contributed by atoms with Crippen LogP contribution in [-0.2, 0) is 4.79 Å². The lowest BCUT2D eigenvalue weighted by atomic mass is 10.1. The number of benzene rings is 1. The Morgan fingerprint density at radius 2 is 2.06 bits per heavy atom. The van der Waals surface area contributed by atoms with Crippen LogP contribution in [0.2, 0.25) is 0 Å². The molecule has 0 spiro atoms. The number of nitrogens with one attached hydrogen (secondary N) is 1. The van der Waals surface area contributed by atoms with Gasteiger partial charge in [0.1, 0.15) is 6.17 Å². The van der Waals surface area contributed by atoms with E-state index < -0.39 is 19.1 Å². The standard InChI is InChI=1S/C12H14F2N2O/c1-8-2-4-9(5-3-8)12-15-6-11(17)16(12)7-10(13)14/h2-5,10,12,15H,6-7H2,1H3. The number of halogens is 2. The average molecular weight is 240 g/mol. The second-order valence-corrected chi connectivity index (χ2v) is 4.13. The number of alkyl halides is 2. The summed E-state index contributed by atoms with van der Waals surface area (Å²) >= 11 is 0. The molecule has 1 aromatic carbocycles. The molecular weight excluding hydrogens is 226 g/mol. The molecule has 0 aliphatic carbocycles. The molecule has 0 bridgehead atoms. The summed E-state index contributed by atoms with van der Waals surface area (Å²) in [5.41, 5.74) is 1.93. The topological polar surface area (TPSA) is 32.3 Å². The lowest BCUT2D eigenvalue weighted by Gasteiger charge is -2.24. The van der Waals surface area contributed by atoms with E-state index in [1.807, 2.05) is 31.2 Å². The predicted molar refractivity (Wildman–Crippen MR) is 59.6 cm³/mol. The first-order chi connectivity index (χ1) is 8.08. The van der Waals surface area contributed by atoms with Gasteiger partial charge < -0.3 is 4.90 Å². The highest BCUT2D eigenvalue weighted by Gasteiger charge is 2.33. The zero-order valence-corrected chi connectivity index (χ0v) is 9.49. The van der Waals surface area contributed by atoms with Crippen LogP contribution in [0, 0.1) is 6.92 Å². The summed E-state index contributed by atoms with van der Waals surface area (Å²) in [6.45, 7) is 1.55. The smallest absolute Gasteiger partial charge is 0.255 e. The van der Waals surface area contributed by atoms with Crippen molar-refractivity contribution in [1.29, 1.82) is 0 Å². The minimum atomic E-state index is -2.51. The van der Waals surface area contributed by atoms with Crippen molar-refractivity contribution in [2.24, 2.45) is 0 Å². The largest absolute Gasteiger partial charge is 0.316 e. The van der Waals surface area contributed by atoms with Crippen molar-refractivity contribution in [3.8, 4) is 0 Å². The molecular formula is C12H14F2N2O. The molecule has 0 aromatic heterocycles. The number of carbonyl (C=O) groups is 1. The van der Waals surface area contributed by atoms with Gasteiger partial charge in [0.25, 0.3) is 6.43 Å². The highest BCUT2D eigenvalue weighted by molar-refractivity contribution is 5.81. The molecule has 1 heterocycles. The summed E-state index contributed by atoms with van der Waals surface area (Å²) < 4.78 is 24.8. The second kappa shape index (κ2) is 4.79. The van der Waals surface area contributed by atoms with Gasteiger partial charge in [-0.2, -0.15) is 0 Å². The van der Waals surface area contributed by atoms with Crippen molar-refractivity contribution < 1.29 is 13.6 Å². The number of carbonyl (C=O) groups excluding carboxylic acids is 1. The van der Waals surface area contributed by atoms with Gasteiger partial charge in [-0.1, -0.05) is 29.8 Å². The molecule has 1 aliphatic heterocycles. The fourth-order valence-electron chi connectivity index (χ4n) is 1.94. The molecule has 3 nitrogen and oxygen atoms in total. The van der Waals surface area contributed by atoms with E-state index in [0.29, 0.717) is 0 Å². The molecule has 1 aliphatic rings. The van der Waals surface area contributed by atoms with Crippen molar-refractivity contribution >= 4 is 5.91 Å². The summed E-state index contributed by atoms with van der Waals surface area (Å²) in [5.74, 6) is -0.282. The molecule has 1 N–H and O–H groups in total. The Morgan fingerprint density at radius 3 is 2.65 bits per heavy atom. The van der Waals surface area contributed by atoms with E-state index in [9.17, 15) is 13.6 Å². The SMILES string of the molecule is Cc1ccc(C2NCC(=O)N2CC(F)F)cc1. The first kappa shape index (κ1) is 12.0. The molecule has 1 unspecified atom stereocenters. The third kappa shape index (κ3) is 2.61. The monoisotopic (exact) mass is 240 g/mol. The van der Waals surface area contributed by atoms with Crippen LogP contribution in [0.4, 0.5) is 8.78 Å². The van der Waals surface area contributed by atoms with E-state index in [2.05, 4.69) is 5.32 Å². The van der Waals surface area contributed by atoms with Crippen LogP contribution in [0.3, 0.4) is 0 Å². The molecule has 17 heavy (non-hydrogen) atoms. The second-order valence-electron chi connectivity index (χ2n) is 4.13. The number of aryl methyl sites for hydroxylation is 1. The summed E-state index contributed by atoms with van der Waals surface area (Å²) in [6, 6.07) is 7.51. The van der Waals surface area contributed by atoms with Gasteiger partial charge in [0.15, 0.2) is 0 Å². The normalized spacial score (nSPS) is 20.4. The van der Waals surface area contributed by atoms with E-state index in [1.54, 1.807) is 0 Å². The fourth-order valence-corrected chi connectivity index (χ4v) is 1.94. The van der Waals surface area contributed by atoms with Gasteiger partial charge in [-0.05, 0) is 12.5 Å². The van der Waals surface area contributed by atoms with Gasteiger partial charge in [0, 0.05) is 0 Å². The number of amides is 1. The van der Waals surface area contributed by atoms with Crippen molar-refractivity contribution in [2.45, 2.75) is 19.5 Å². The maximum absolute atomic E-state index is 12.4. The van der Waals surface area contributed by atoms with Crippen LogP contribution in [0.5, 0.6) is 0 Å². The zero-order valence-electron chi connectivity index (χ0n) is 9.49. The molecule has 1 amide bonds.